The molecule has 0 bridgehead atoms. The molecule has 25 heavy (non-hydrogen) atoms. The van der Waals surface area contributed by atoms with E-state index in [4.69, 9.17) is 16.3 Å². The lowest BCUT2D eigenvalue weighted by molar-refractivity contribution is -0.142. The van der Waals surface area contributed by atoms with Gasteiger partial charge in [-0.3, -0.25) is 4.79 Å². The van der Waals surface area contributed by atoms with E-state index in [0.29, 0.717) is 29.2 Å². The third kappa shape index (κ3) is 2.54. The van der Waals surface area contributed by atoms with Gasteiger partial charge < -0.3 is 10.1 Å². The minimum Gasteiger partial charge on any atom is -0.465 e. The molecule has 11 heteroatoms. The molecule has 1 saturated carbocycles. The van der Waals surface area contributed by atoms with Gasteiger partial charge in [0, 0.05) is 12.1 Å². The summed E-state index contributed by atoms with van der Waals surface area (Å²) in [6.45, 7) is 1.62. The Morgan fingerprint density at radius 1 is 1.44 bits per heavy atom. The number of hydrogen-bond acceptors (Lipinski definition) is 7. The number of rotatable bonds is 3. The first-order valence-corrected chi connectivity index (χ1v) is 8.43. The molecule has 2 aromatic heterocycles. The number of nitrogens with zero attached hydrogens (tertiary/aromatic N) is 3. The summed E-state index contributed by atoms with van der Waals surface area (Å²) >= 11 is 7.25. The highest BCUT2D eigenvalue weighted by Crippen LogP contribution is 2.60. The lowest BCUT2D eigenvalue weighted by Crippen LogP contribution is -2.18. The van der Waals surface area contributed by atoms with Crippen LogP contribution in [0.2, 0.25) is 5.15 Å². The number of alkyl halides is 3. The molecule has 0 amide bonds. The van der Waals surface area contributed by atoms with Gasteiger partial charge in [-0.25, -0.2) is 15.0 Å². The van der Waals surface area contributed by atoms with Crippen molar-refractivity contribution in [2.45, 2.75) is 24.9 Å². The van der Waals surface area contributed by atoms with Crippen LogP contribution in [0.3, 0.4) is 0 Å². The van der Waals surface area contributed by atoms with Gasteiger partial charge in [0.15, 0.2) is 5.15 Å². The van der Waals surface area contributed by atoms with E-state index in [1.54, 1.807) is 0 Å². The molecule has 2 atom stereocenters. The van der Waals surface area contributed by atoms with Crippen LogP contribution < -0.4 is 5.32 Å². The van der Waals surface area contributed by atoms with Crippen molar-refractivity contribution in [1.82, 2.24) is 15.0 Å². The van der Waals surface area contributed by atoms with E-state index in [0.717, 1.165) is 11.3 Å². The molecule has 2 aliphatic rings. The molecule has 1 aliphatic carbocycles. The number of thiazole rings is 1. The van der Waals surface area contributed by atoms with E-state index in [9.17, 15) is 18.0 Å². The average Bonchev–Trinajstić information content (AvgIpc) is 3.03. The fraction of sp³-hybridized carbons (Fsp3) is 0.429. The number of fused-ring (bicyclic) bond motifs is 1. The van der Waals surface area contributed by atoms with Crippen LogP contribution >= 0.6 is 22.9 Å². The molecule has 0 radical (unpaired) electrons. The van der Waals surface area contributed by atoms with Crippen LogP contribution in [0, 0.1) is 12.8 Å². The number of anilines is 2. The smallest absolute Gasteiger partial charge is 0.419 e. The van der Waals surface area contributed by atoms with Crippen LogP contribution in [0.1, 0.15) is 22.7 Å². The number of carbonyl (C=O) groups is 1. The van der Waals surface area contributed by atoms with Crippen LogP contribution in [0.25, 0.3) is 0 Å². The van der Waals surface area contributed by atoms with E-state index in [2.05, 4.69) is 20.3 Å². The lowest BCUT2D eigenvalue weighted by Gasteiger charge is -2.10. The van der Waals surface area contributed by atoms with Gasteiger partial charge in [0.25, 0.3) is 0 Å². The van der Waals surface area contributed by atoms with Crippen molar-refractivity contribution in [2.24, 2.45) is 5.92 Å². The predicted molar refractivity (Wildman–Crippen MR) is 82.9 cm³/mol. The summed E-state index contributed by atoms with van der Waals surface area (Å²) in [5.74, 6) is -0.225. The summed E-state index contributed by atoms with van der Waals surface area (Å²) in [6.07, 6.45) is -3.13. The zero-order chi connectivity index (χ0) is 18.0. The van der Waals surface area contributed by atoms with Crippen molar-refractivity contribution in [2.75, 3.05) is 11.9 Å². The second-order valence-corrected chi connectivity index (χ2v) is 7.28. The zero-order valence-corrected chi connectivity index (χ0v) is 14.2. The SMILES string of the molecule is Cc1nc(Nc2sc(C34CC3COC4=O)nc2Cl)ncc1C(F)(F)F. The number of aryl methyl sites for hydroxylation is 1. The van der Waals surface area contributed by atoms with E-state index in [1.165, 1.54) is 6.92 Å². The second-order valence-electron chi connectivity index (χ2n) is 5.93. The molecular weight excluding hydrogens is 381 g/mol. The van der Waals surface area contributed by atoms with E-state index < -0.39 is 17.2 Å². The quantitative estimate of drug-likeness (QED) is 0.809. The molecule has 1 saturated heterocycles. The first kappa shape index (κ1) is 16.5. The minimum atomic E-state index is -4.51. The van der Waals surface area contributed by atoms with Crippen molar-refractivity contribution in [1.29, 1.82) is 0 Å². The Morgan fingerprint density at radius 3 is 2.76 bits per heavy atom. The van der Waals surface area contributed by atoms with Crippen LogP contribution in [0.15, 0.2) is 6.20 Å². The fourth-order valence-electron chi connectivity index (χ4n) is 2.91. The molecule has 4 rings (SSSR count). The van der Waals surface area contributed by atoms with Gasteiger partial charge in [0.1, 0.15) is 15.4 Å². The molecule has 1 aliphatic heterocycles. The fourth-order valence-corrected chi connectivity index (χ4v) is 4.33. The number of ether oxygens (including phenoxy) is 1. The Kier molecular flexibility index (Phi) is 3.49. The number of esters is 1. The Morgan fingerprint density at radius 2 is 2.20 bits per heavy atom. The normalized spacial score (nSPS) is 24.8. The van der Waals surface area contributed by atoms with Crippen LogP contribution in [0.5, 0.6) is 0 Å². The van der Waals surface area contributed by atoms with Gasteiger partial charge in [-0.1, -0.05) is 22.9 Å². The Labute approximate surface area is 148 Å². The van der Waals surface area contributed by atoms with E-state index >= 15 is 0 Å². The third-order valence-corrected chi connectivity index (χ3v) is 5.90. The average molecular weight is 391 g/mol. The van der Waals surface area contributed by atoms with Gasteiger partial charge in [0.05, 0.1) is 17.9 Å². The van der Waals surface area contributed by atoms with E-state index in [-0.39, 0.29) is 28.7 Å². The molecule has 6 nitrogen and oxygen atoms in total. The number of carbonyl (C=O) groups excluding carboxylic acids is 1. The van der Waals surface area contributed by atoms with Crippen molar-refractivity contribution in [3.05, 3.63) is 27.6 Å². The molecule has 0 spiro atoms. The zero-order valence-electron chi connectivity index (χ0n) is 12.6. The number of halogens is 4. The molecule has 2 fully saturated rings. The summed E-state index contributed by atoms with van der Waals surface area (Å²) < 4.78 is 43.3. The molecule has 0 aromatic carbocycles. The topological polar surface area (TPSA) is 77.0 Å². The molecule has 132 valence electrons. The highest BCUT2D eigenvalue weighted by atomic mass is 35.5. The standard InChI is InChI=1S/C14H10ClF3N4O2S/c1-5-7(14(16,17)18)3-19-12(20-5)22-9-8(15)21-10(25-9)13-2-6(13)4-24-11(13)23/h3,6H,2,4H2,1H3,(H,19,20,22). The summed E-state index contributed by atoms with van der Waals surface area (Å²) in [5.41, 5.74) is -1.82. The number of nitrogens with one attached hydrogen (secondary N) is 1. The monoisotopic (exact) mass is 390 g/mol. The largest absolute Gasteiger partial charge is 0.465 e. The van der Waals surface area contributed by atoms with Gasteiger partial charge in [-0.05, 0) is 13.3 Å². The van der Waals surface area contributed by atoms with Crippen molar-refractivity contribution in [3.8, 4) is 0 Å². The molecule has 2 aromatic rings. The van der Waals surface area contributed by atoms with Crippen LogP contribution in [-0.4, -0.2) is 27.5 Å². The first-order valence-electron chi connectivity index (χ1n) is 7.23. The number of aromatic nitrogens is 3. The number of hydrogen-bond donors (Lipinski definition) is 1. The Hall–Kier alpha value is -1.94. The van der Waals surface area contributed by atoms with Gasteiger partial charge in [0.2, 0.25) is 5.95 Å². The Bertz CT molecular complexity index is 887. The minimum absolute atomic E-state index is 0.0264. The summed E-state index contributed by atoms with van der Waals surface area (Å²) in [5, 5.41) is 3.79. The Balaban J connectivity index is 1.60. The predicted octanol–water partition coefficient (Wildman–Crippen LogP) is 3.47. The molecule has 3 heterocycles. The third-order valence-electron chi connectivity index (χ3n) is 4.36. The van der Waals surface area contributed by atoms with Gasteiger partial charge in [-0.15, -0.1) is 0 Å². The molecule has 1 N–H and O–H groups in total. The van der Waals surface area contributed by atoms with Crippen molar-refractivity contribution >= 4 is 39.9 Å². The van der Waals surface area contributed by atoms with Crippen LogP contribution in [0.4, 0.5) is 24.1 Å². The molecule has 2 unspecified atom stereocenters. The maximum absolute atomic E-state index is 12.8. The summed E-state index contributed by atoms with van der Waals surface area (Å²) in [4.78, 5) is 23.6. The van der Waals surface area contributed by atoms with Gasteiger partial charge in [-0.2, -0.15) is 13.2 Å². The first-order chi connectivity index (χ1) is 11.7. The van der Waals surface area contributed by atoms with Crippen molar-refractivity contribution < 1.29 is 22.7 Å². The number of cyclic esters (lactones) is 1. The summed E-state index contributed by atoms with van der Waals surface area (Å²) in [6, 6.07) is 0. The van der Waals surface area contributed by atoms with E-state index in [1.807, 2.05) is 0 Å². The second kappa shape index (κ2) is 5.28. The van der Waals surface area contributed by atoms with Crippen LogP contribution in [-0.2, 0) is 21.1 Å². The summed E-state index contributed by atoms with van der Waals surface area (Å²) in [7, 11) is 0. The maximum Gasteiger partial charge on any atom is 0.419 e. The highest BCUT2D eigenvalue weighted by Gasteiger charge is 2.69. The molecular formula is C14H10ClF3N4O2S. The highest BCUT2D eigenvalue weighted by molar-refractivity contribution is 7.16. The maximum atomic E-state index is 12.8. The lowest BCUT2D eigenvalue weighted by atomic mass is 10.1. The van der Waals surface area contributed by atoms with Gasteiger partial charge >= 0.3 is 12.1 Å². The van der Waals surface area contributed by atoms with Crippen molar-refractivity contribution in [3.63, 3.8) is 0 Å².